The SMILES string of the molecule is CCc1ccc(-c2nc(C(=O)NC3CCCC3)cs2)cc1. The van der Waals surface area contributed by atoms with Gasteiger partial charge in [-0.1, -0.05) is 44.0 Å². The number of rotatable bonds is 4. The van der Waals surface area contributed by atoms with Crippen LogP contribution in [0.4, 0.5) is 0 Å². The van der Waals surface area contributed by atoms with Gasteiger partial charge in [0.1, 0.15) is 10.7 Å². The van der Waals surface area contributed by atoms with Gasteiger partial charge in [-0.25, -0.2) is 4.98 Å². The highest BCUT2D eigenvalue weighted by molar-refractivity contribution is 7.13. The molecule has 0 radical (unpaired) electrons. The normalized spacial score (nSPS) is 15.3. The fourth-order valence-electron chi connectivity index (χ4n) is 2.72. The lowest BCUT2D eigenvalue weighted by molar-refractivity contribution is 0.0933. The first-order valence-electron chi connectivity index (χ1n) is 7.62. The number of carbonyl (C=O) groups excluding carboxylic acids is 1. The number of nitrogens with zero attached hydrogens (tertiary/aromatic N) is 1. The highest BCUT2D eigenvalue weighted by Crippen LogP contribution is 2.25. The molecule has 1 amide bonds. The minimum Gasteiger partial charge on any atom is -0.348 e. The Balaban J connectivity index is 1.71. The van der Waals surface area contributed by atoms with Gasteiger partial charge < -0.3 is 5.32 Å². The van der Waals surface area contributed by atoms with Gasteiger partial charge in [0.15, 0.2) is 0 Å². The Labute approximate surface area is 129 Å². The minimum absolute atomic E-state index is 0.0328. The monoisotopic (exact) mass is 300 g/mol. The molecule has 2 aromatic rings. The van der Waals surface area contributed by atoms with E-state index in [0.29, 0.717) is 11.7 Å². The number of carbonyl (C=O) groups is 1. The molecule has 0 aliphatic heterocycles. The van der Waals surface area contributed by atoms with E-state index in [1.54, 1.807) is 0 Å². The van der Waals surface area contributed by atoms with Crippen LogP contribution in [0.2, 0.25) is 0 Å². The highest BCUT2D eigenvalue weighted by Gasteiger charge is 2.19. The molecule has 0 spiro atoms. The molecule has 1 aromatic carbocycles. The highest BCUT2D eigenvalue weighted by atomic mass is 32.1. The Morgan fingerprint density at radius 2 is 2.00 bits per heavy atom. The van der Waals surface area contributed by atoms with Gasteiger partial charge in [0, 0.05) is 17.0 Å². The van der Waals surface area contributed by atoms with Crippen LogP contribution in [0.3, 0.4) is 0 Å². The maximum Gasteiger partial charge on any atom is 0.270 e. The van der Waals surface area contributed by atoms with Crippen molar-refractivity contribution in [1.29, 1.82) is 0 Å². The van der Waals surface area contributed by atoms with Gasteiger partial charge in [0.25, 0.3) is 5.91 Å². The summed E-state index contributed by atoms with van der Waals surface area (Å²) in [5.41, 5.74) is 2.94. The van der Waals surface area contributed by atoms with Crippen molar-refractivity contribution in [2.24, 2.45) is 0 Å². The lowest BCUT2D eigenvalue weighted by Crippen LogP contribution is -2.32. The van der Waals surface area contributed by atoms with Crippen molar-refractivity contribution >= 4 is 17.2 Å². The van der Waals surface area contributed by atoms with Gasteiger partial charge in [-0.05, 0) is 24.8 Å². The number of aryl methyl sites for hydroxylation is 1. The van der Waals surface area contributed by atoms with E-state index >= 15 is 0 Å². The molecule has 0 saturated heterocycles. The molecule has 3 nitrogen and oxygen atoms in total. The van der Waals surface area contributed by atoms with E-state index in [-0.39, 0.29) is 5.91 Å². The third-order valence-electron chi connectivity index (χ3n) is 4.04. The molecule has 1 aromatic heterocycles. The minimum atomic E-state index is -0.0328. The zero-order valence-corrected chi connectivity index (χ0v) is 13.1. The quantitative estimate of drug-likeness (QED) is 0.925. The first-order chi connectivity index (χ1) is 10.3. The van der Waals surface area contributed by atoms with Crippen LogP contribution in [0.15, 0.2) is 29.6 Å². The smallest absolute Gasteiger partial charge is 0.270 e. The summed E-state index contributed by atoms with van der Waals surface area (Å²) >= 11 is 1.53. The molecule has 1 saturated carbocycles. The maximum atomic E-state index is 12.2. The van der Waals surface area contributed by atoms with Crippen LogP contribution in [-0.4, -0.2) is 16.9 Å². The Morgan fingerprint density at radius 1 is 1.29 bits per heavy atom. The molecule has 3 rings (SSSR count). The van der Waals surface area contributed by atoms with Gasteiger partial charge in [-0.3, -0.25) is 4.79 Å². The number of amides is 1. The molecule has 0 unspecified atom stereocenters. The van der Waals surface area contributed by atoms with Crippen molar-refractivity contribution in [1.82, 2.24) is 10.3 Å². The second-order valence-corrected chi connectivity index (χ2v) is 6.40. The van der Waals surface area contributed by atoms with E-state index in [4.69, 9.17) is 0 Å². The molecular formula is C17H20N2OS. The zero-order valence-electron chi connectivity index (χ0n) is 12.3. The molecule has 21 heavy (non-hydrogen) atoms. The van der Waals surface area contributed by atoms with Crippen molar-refractivity contribution in [3.63, 3.8) is 0 Å². The van der Waals surface area contributed by atoms with Crippen LogP contribution in [-0.2, 0) is 6.42 Å². The van der Waals surface area contributed by atoms with Gasteiger partial charge in [0.05, 0.1) is 0 Å². The van der Waals surface area contributed by atoms with E-state index in [2.05, 4.69) is 41.5 Å². The third-order valence-corrected chi connectivity index (χ3v) is 4.93. The Morgan fingerprint density at radius 3 is 2.67 bits per heavy atom. The van der Waals surface area contributed by atoms with Crippen LogP contribution in [0.25, 0.3) is 10.6 Å². The summed E-state index contributed by atoms with van der Waals surface area (Å²) in [4.78, 5) is 16.7. The molecule has 0 bridgehead atoms. The number of hydrogen-bond donors (Lipinski definition) is 1. The largest absolute Gasteiger partial charge is 0.348 e. The second-order valence-electron chi connectivity index (χ2n) is 5.54. The Kier molecular flexibility index (Phi) is 4.34. The summed E-state index contributed by atoms with van der Waals surface area (Å²) < 4.78 is 0. The van der Waals surface area contributed by atoms with Gasteiger partial charge in [-0.15, -0.1) is 11.3 Å². The average molecular weight is 300 g/mol. The molecule has 1 heterocycles. The van der Waals surface area contributed by atoms with Crippen LogP contribution >= 0.6 is 11.3 Å². The third kappa shape index (κ3) is 3.32. The Hall–Kier alpha value is -1.68. The molecule has 1 fully saturated rings. The summed E-state index contributed by atoms with van der Waals surface area (Å²) in [6, 6.07) is 8.74. The summed E-state index contributed by atoms with van der Waals surface area (Å²) in [6.45, 7) is 2.14. The molecule has 110 valence electrons. The second kappa shape index (κ2) is 6.39. The van der Waals surface area contributed by atoms with Crippen molar-refractivity contribution < 1.29 is 4.79 Å². The standard InChI is InChI=1S/C17H20N2OS/c1-2-12-7-9-13(10-8-12)17-19-15(11-21-17)16(20)18-14-5-3-4-6-14/h7-11,14H,2-6H2,1H3,(H,18,20). The molecule has 4 heteroatoms. The predicted octanol–water partition coefficient (Wildman–Crippen LogP) is 4.04. The molecule has 1 aliphatic carbocycles. The average Bonchev–Trinajstić information content (AvgIpc) is 3.18. The zero-order chi connectivity index (χ0) is 14.7. The predicted molar refractivity (Wildman–Crippen MR) is 86.7 cm³/mol. The van der Waals surface area contributed by atoms with Crippen LogP contribution in [0, 0.1) is 0 Å². The number of nitrogens with one attached hydrogen (secondary N) is 1. The van der Waals surface area contributed by atoms with Crippen molar-refractivity contribution in [2.75, 3.05) is 0 Å². The van der Waals surface area contributed by atoms with Gasteiger partial charge >= 0.3 is 0 Å². The molecule has 0 atom stereocenters. The van der Waals surface area contributed by atoms with Crippen molar-refractivity contribution in [3.8, 4) is 10.6 Å². The lowest BCUT2D eigenvalue weighted by Gasteiger charge is -2.09. The molecule has 1 N–H and O–H groups in total. The van der Waals surface area contributed by atoms with E-state index in [1.165, 1.54) is 29.7 Å². The van der Waals surface area contributed by atoms with Crippen molar-refractivity contribution in [3.05, 3.63) is 40.9 Å². The number of benzene rings is 1. The number of hydrogen-bond acceptors (Lipinski definition) is 3. The van der Waals surface area contributed by atoms with E-state index in [0.717, 1.165) is 29.8 Å². The van der Waals surface area contributed by atoms with Crippen LogP contribution < -0.4 is 5.32 Å². The fourth-order valence-corrected chi connectivity index (χ4v) is 3.53. The van der Waals surface area contributed by atoms with E-state index < -0.39 is 0 Å². The van der Waals surface area contributed by atoms with Crippen LogP contribution in [0.1, 0.15) is 48.7 Å². The Bertz CT molecular complexity index is 612. The topological polar surface area (TPSA) is 42.0 Å². The number of thiazole rings is 1. The van der Waals surface area contributed by atoms with Gasteiger partial charge in [-0.2, -0.15) is 0 Å². The van der Waals surface area contributed by atoms with Crippen LogP contribution in [0.5, 0.6) is 0 Å². The first-order valence-corrected chi connectivity index (χ1v) is 8.50. The van der Waals surface area contributed by atoms with Gasteiger partial charge in [0.2, 0.25) is 0 Å². The summed E-state index contributed by atoms with van der Waals surface area (Å²) in [7, 11) is 0. The fraction of sp³-hybridized carbons (Fsp3) is 0.412. The summed E-state index contributed by atoms with van der Waals surface area (Å²) in [6.07, 6.45) is 5.67. The van der Waals surface area contributed by atoms with E-state index in [1.807, 2.05) is 5.38 Å². The maximum absolute atomic E-state index is 12.2. The lowest BCUT2D eigenvalue weighted by atomic mass is 10.1. The van der Waals surface area contributed by atoms with E-state index in [9.17, 15) is 4.79 Å². The summed E-state index contributed by atoms with van der Waals surface area (Å²) in [5, 5.41) is 5.85. The van der Waals surface area contributed by atoms with Crippen molar-refractivity contribution in [2.45, 2.75) is 45.1 Å². The first kappa shape index (κ1) is 14.3. The molecular weight excluding hydrogens is 280 g/mol. The molecule has 1 aliphatic rings. The summed E-state index contributed by atoms with van der Waals surface area (Å²) in [5.74, 6) is -0.0328. The number of aromatic nitrogens is 1.